The van der Waals surface area contributed by atoms with Crippen LogP contribution in [-0.4, -0.2) is 38.5 Å². The minimum atomic E-state index is 0.344. The number of ether oxygens (including phenoxy) is 1. The third-order valence-electron chi connectivity index (χ3n) is 3.71. The van der Waals surface area contributed by atoms with Crippen LogP contribution in [0.3, 0.4) is 0 Å². The number of aryl methyl sites for hydroxylation is 1. The molecule has 1 aliphatic carbocycles. The molecule has 154 valence electrons. The first-order valence-corrected chi connectivity index (χ1v) is 10.9. The Morgan fingerprint density at radius 1 is 1.34 bits per heavy atom. The Morgan fingerprint density at radius 2 is 2.14 bits per heavy atom. The number of terminal acetylenes is 1. The van der Waals surface area contributed by atoms with Crippen molar-refractivity contribution in [1.29, 1.82) is 0 Å². The fourth-order valence-electron chi connectivity index (χ4n) is 2.20. The number of nitrogens with zero attached hydrogens (tertiary/aromatic N) is 4. The quantitative estimate of drug-likeness (QED) is 0.607. The van der Waals surface area contributed by atoms with Crippen molar-refractivity contribution in [2.24, 2.45) is 11.0 Å². The smallest absolute Gasteiger partial charge is 0.218 e. The van der Waals surface area contributed by atoms with Crippen LogP contribution in [0.2, 0.25) is 0 Å². The SMILES string of the molecule is Brc1cccnc1.C#C.Cc1nc(NCC2=NNC(C)S2)cc(OCC2CC2)n1. The minimum Gasteiger partial charge on any atom is -0.477 e. The molecule has 0 aromatic carbocycles. The van der Waals surface area contributed by atoms with Gasteiger partial charge in [0.1, 0.15) is 16.7 Å². The van der Waals surface area contributed by atoms with E-state index in [1.165, 1.54) is 12.8 Å². The van der Waals surface area contributed by atoms with Crippen molar-refractivity contribution >= 4 is 38.6 Å². The number of rotatable bonds is 6. The molecule has 1 aliphatic heterocycles. The number of pyridine rings is 1. The van der Waals surface area contributed by atoms with Gasteiger partial charge in [-0.3, -0.25) is 10.4 Å². The molecule has 2 aliphatic rings. The first kappa shape index (κ1) is 23.0. The van der Waals surface area contributed by atoms with E-state index in [9.17, 15) is 0 Å². The van der Waals surface area contributed by atoms with Crippen molar-refractivity contribution in [3.63, 3.8) is 0 Å². The molecule has 2 aromatic rings. The van der Waals surface area contributed by atoms with Crippen molar-refractivity contribution in [3.05, 3.63) is 40.9 Å². The summed E-state index contributed by atoms with van der Waals surface area (Å²) in [6, 6.07) is 5.67. The second kappa shape index (κ2) is 12.3. The van der Waals surface area contributed by atoms with E-state index in [0.29, 0.717) is 23.6 Å². The fraction of sp³-hybridized carbons (Fsp3) is 0.400. The summed E-state index contributed by atoms with van der Waals surface area (Å²) < 4.78 is 6.72. The molecule has 1 atom stereocenters. The third kappa shape index (κ3) is 9.15. The van der Waals surface area contributed by atoms with Gasteiger partial charge in [0, 0.05) is 22.9 Å². The van der Waals surface area contributed by atoms with Gasteiger partial charge in [-0.25, -0.2) is 4.98 Å². The van der Waals surface area contributed by atoms with Crippen LogP contribution >= 0.6 is 27.7 Å². The Bertz CT molecular complexity index is 813. The van der Waals surface area contributed by atoms with Crippen LogP contribution in [0.25, 0.3) is 0 Å². The normalized spacial score (nSPS) is 16.9. The number of aromatic nitrogens is 3. The van der Waals surface area contributed by atoms with Gasteiger partial charge in [0.05, 0.1) is 18.5 Å². The van der Waals surface area contributed by atoms with Gasteiger partial charge in [0.2, 0.25) is 5.88 Å². The number of hydrogen-bond donors (Lipinski definition) is 2. The van der Waals surface area contributed by atoms with Gasteiger partial charge in [0.25, 0.3) is 0 Å². The van der Waals surface area contributed by atoms with Gasteiger partial charge in [-0.05, 0) is 60.7 Å². The van der Waals surface area contributed by atoms with Crippen LogP contribution in [0.5, 0.6) is 5.88 Å². The Kier molecular flexibility index (Phi) is 9.74. The van der Waals surface area contributed by atoms with Gasteiger partial charge < -0.3 is 10.1 Å². The second-order valence-electron chi connectivity index (χ2n) is 6.31. The highest BCUT2D eigenvalue weighted by atomic mass is 79.9. The molecule has 0 bridgehead atoms. The van der Waals surface area contributed by atoms with Gasteiger partial charge in [0.15, 0.2) is 0 Å². The zero-order chi connectivity index (χ0) is 21.1. The van der Waals surface area contributed by atoms with Crippen LogP contribution < -0.4 is 15.5 Å². The summed E-state index contributed by atoms with van der Waals surface area (Å²) in [5, 5.41) is 8.89. The minimum absolute atomic E-state index is 0.344. The van der Waals surface area contributed by atoms with Crippen molar-refractivity contribution in [2.45, 2.75) is 32.1 Å². The number of hydrazone groups is 1. The standard InChI is InChI=1S/C13H19N5OS.C5H4BrN.C2H2/c1-8-15-11(14-6-13-18-17-9(2)20-13)5-12(16-8)19-7-10-3-4-10;6-5-2-1-3-7-4-5;1-2/h5,9-10,17H,3-4,6-7H2,1-2H3,(H,14,15,16);1-4H;1-2H. The first-order chi connectivity index (χ1) is 14.1. The van der Waals surface area contributed by atoms with E-state index in [1.54, 1.807) is 24.2 Å². The molecule has 2 N–H and O–H groups in total. The Hall–Kier alpha value is -2.31. The topological polar surface area (TPSA) is 84.3 Å². The number of hydrogen-bond acceptors (Lipinski definition) is 8. The van der Waals surface area contributed by atoms with Crippen molar-refractivity contribution < 1.29 is 4.74 Å². The molecule has 3 heterocycles. The van der Waals surface area contributed by atoms with Gasteiger partial charge >= 0.3 is 0 Å². The van der Waals surface area contributed by atoms with Crippen molar-refractivity contribution in [3.8, 4) is 18.7 Å². The number of nitrogens with one attached hydrogen (secondary N) is 2. The van der Waals surface area contributed by atoms with Crippen LogP contribution in [0.4, 0.5) is 5.82 Å². The summed E-state index contributed by atoms with van der Waals surface area (Å²) in [4.78, 5) is 12.5. The summed E-state index contributed by atoms with van der Waals surface area (Å²) >= 11 is 4.97. The highest BCUT2D eigenvalue weighted by molar-refractivity contribution is 9.10. The average Bonchev–Trinajstić information content (AvgIpc) is 3.47. The van der Waals surface area contributed by atoms with E-state index >= 15 is 0 Å². The predicted octanol–water partition coefficient (Wildman–Crippen LogP) is 4.08. The number of anilines is 1. The summed E-state index contributed by atoms with van der Waals surface area (Å²) in [6.45, 7) is 5.39. The molecule has 1 unspecified atom stereocenters. The molecule has 9 heteroatoms. The molecule has 1 fully saturated rings. The van der Waals surface area contributed by atoms with E-state index < -0.39 is 0 Å². The molecule has 0 radical (unpaired) electrons. The van der Waals surface area contributed by atoms with Gasteiger partial charge in [-0.2, -0.15) is 10.1 Å². The van der Waals surface area contributed by atoms with Gasteiger partial charge in [-0.1, -0.05) is 11.8 Å². The summed E-state index contributed by atoms with van der Waals surface area (Å²) in [6.07, 6.45) is 14.0. The molecule has 4 rings (SSSR count). The largest absolute Gasteiger partial charge is 0.477 e. The molecule has 0 amide bonds. The lowest BCUT2D eigenvalue weighted by Crippen LogP contribution is -2.12. The first-order valence-electron chi connectivity index (χ1n) is 9.18. The lowest BCUT2D eigenvalue weighted by atomic mass is 10.4. The van der Waals surface area contributed by atoms with E-state index in [0.717, 1.165) is 27.9 Å². The lowest BCUT2D eigenvalue weighted by molar-refractivity contribution is 0.287. The molecule has 29 heavy (non-hydrogen) atoms. The van der Waals surface area contributed by atoms with Crippen molar-refractivity contribution in [2.75, 3.05) is 18.5 Å². The molecule has 0 saturated heterocycles. The predicted molar refractivity (Wildman–Crippen MR) is 123 cm³/mol. The van der Waals surface area contributed by atoms with Crippen LogP contribution in [0, 0.1) is 25.7 Å². The average molecular weight is 477 g/mol. The maximum absolute atomic E-state index is 5.70. The second-order valence-corrected chi connectivity index (χ2v) is 8.64. The highest BCUT2D eigenvalue weighted by Crippen LogP contribution is 2.29. The third-order valence-corrected chi connectivity index (χ3v) is 5.14. The highest BCUT2D eigenvalue weighted by Gasteiger charge is 2.22. The monoisotopic (exact) mass is 476 g/mol. The van der Waals surface area contributed by atoms with E-state index in [1.807, 2.05) is 25.1 Å². The summed E-state index contributed by atoms with van der Waals surface area (Å²) in [5.74, 6) is 2.87. The molecular formula is C20H25BrN6OS. The Labute approximate surface area is 184 Å². The summed E-state index contributed by atoms with van der Waals surface area (Å²) in [5.41, 5.74) is 3.02. The van der Waals surface area contributed by atoms with E-state index in [-0.39, 0.29) is 0 Å². The van der Waals surface area contributed by atoms with Crippen molar-refractivity contribution in [1.82, 2.24) is 20.4 Å². The molecule has 2 aromatic heterocycles. The zero-order valence-electron chi connectivity index (χ0n) is 16.5. The molecule has 0 spiro atoms. The molecule has 7 nitrogen and oxygen atoms in total. The zero-order valence-corrected chi connectivity index (χ0v) is 18.9. The maximum Gasteiger partial charge on any atom is 0.218 e. The molecule has 1 saturated carbocycles. The van der Waals surface area contributed by atoms with Crippen LogP contribution in [0.1, 0.15) is 25.6 Å². The van der Waals surface area contributed by atoms with E-state index in [4.69, 9.17) is 4.74 Å². The Balaban J connectivity index is 0.000000280. The van der Waals surface area contributed by atoms with E-state index in [2.05, 4.69) is 66.5 Å². The van der Waals surface area contributed by atoms with Crippen LogP contribution in [0.15, 0.2) is 40.2 Å². The number of thioether (sulfide) groups is 1. The fourth-order valence-corrected chi connectivity index (χ4v) is 3.25. The Morgan fingerprint density at radius 3 is 2.69 bits per heavy atom. The molecular weight excluding hydrogens is 452 g/mol. The summed E-state index contributed by atoms with van der Waals surface area (Å²) in [7, 11) is 0. The van der Waals surface area contributed by atoms with Crippen LogP contribution in [-0.2, 0) is 0 Å². The maximum atomic E-state index is 5.70. The lowest BCUT2D eigenvalue weighted by Gasteiger charge is -2.09. The van der Waals surface area contributed by atoms with Gasteiger partial charge in [-0.15, -0.1) is 12.8 Å². The number of halogens is 1.